The molecule has 0 aromatic heterocycles. The van der Waals surface area contributed by atoms with Gasteiger partial charge in [-0.05, 0) is 0 Å². The van der Waals surface area contributed by atoms with E-state index < -0.39 is 5.79 Å². The highest BCUT2D eigenvalue weighted by Crippen LogP contribution is 2.12. The largest absolute Gasteiger partial charge is 0.379 e. The van der Waals surface area contributed by atoms with E-state index in [-0.39, 0.29) is 0 Å². The predicted octanol–water partition coefficient (Wildman–Crippen LogP) is 2.12. The summed E-state index contributed by atoms with van der Waals surface area (Å²) >= 11 is 0. The Morgan fingerprint density at radius 1 is 1.24 bits per heavy atom. The molecule has 1 fully saturated rings. The highest BCUT2D eigenvalue weighted by Gasteiger charge is 2.20. The SMILES string of the molecule is COC(C)(C)O/N=C(\CN1CCOCC1)c1ccccc1. The summed E-state index contributed by atoms with van der Waals surface area (Å²) in [7, 11) is 1.61. The Balaban J connectivity index is 2.12. The van der Waals surface area contributed by atoms with Crippen molar-refractivity contribution >= 4 is 5.71 Å². The quantitative estimate of drug-likeness (QED) is 0.458. The van der Waals surface area contributed by atoms with E-state index >= 15 is 0 Å². The van der Waals surface area contributed by atoms with Crippen molar-refractivity contribution in [3.63, 3.8) is 0 Å². The molecule has 116 valence electrons. The Labute approximate surface area is 126 Å². The molecule has 0 atom stereocenters. The molecule has 0 bridgehead atoms. The van der Waals surface area contributed by atoms with Gasteiger partial charge in [0.2, 0.25) is 5.79 Å². The van der Waals surface area contributed by atoms with Gasteiger partial charge >= 0.3 is 0 Å². The number of nitrogens with zero attached hydrogens (tertiary/aromatic N) is 2. The molecule has 1 aromatic carbocycles. The van der Waals surface area contributed by atoms with Gasteiger partial charge in [0.05, 0.1) is 13.2 Å². The van der Waals surface area contributed by atoms with Crippen LogP contribution in [0.15, 0.2) is 35.5 Å². The Hall–Kier alpha value is -1.43. The number of oxime groups is 1. The van der Waals surface area contributed by atoms with E-state index in [1.54, 1.807) is 7.11 Å². The Kier molecular flexibility index (Phi) is 5.73. The molecule has 5 nitrogen and oxygen atoms in total. The molecule has 21 heavy (non-hydrogen) atoms. The number of hydrogen-bond acceptors (Lipinski definition) is 5. The topological polar surface area (TPSA) is 43.3 Å². The van der Waals surface area contributed by atoms with Crippen LogP contribution in [0.2, 0.25) is 0 Å². The molecule has 1 saturated heterocycles. The molecular formula is C16H24N2O3. The summed E-state index contributed by atoms with van der Waals surface area (Å²) in [4.78, 5) is 7.86. The molecule has 1 heterocycles. The third-order valence-corrected chi connectivity index (χ3v) is 3.45. The summed E-state index contributed by atoms with van der Waals surface area (Å²) in [5, 5.41) is 4.34. The average Bonchev–Trinajstić information content (AvgIpc) is 2.53. The van der Waals surface area contributed by atoms with Crippen molar-refractivity contribution in [1.29, 1.82) is 0 Å². The number of hydrogen-bond donors (Lipinski definition) is 0. The van der Waals surface area contributed by atoms with E-state index in [1.165, 1.54) is 0 Å². The molecule has 2 rings (SSSR count). The van der Waals surface area contributed by atoms with Gasteiger partial charge < -0.3 is 14.3 Å². The summed E-state index contributed by atoms with van der Waals surface area (Å²) in [6.45, 7) is 7.80. The van der Waals surface area contributed by atoms with Gasteiger partial charge in [-0.1, -0.05) is 35.5 Å². The molecule has 0 spiro atoms. The van der Waals surface area contributed by atoms with Crippen LogP contribution < -0.4 is 0 Å². The standard InChI is InChI=1S/C16H24N2O3/c1-16(2,19-3)21-17-15(14-7-5-4-6-8-14)13-18-9-11-20-12-10-18/h4-8H,9-13H2,1-3H3/b17-15+. The molecular weight excluding hydrogens is 268 g/mol. The number of benzene rings is 1. The van der Waals surface area contributed by atoms with Crippen LogP contribution in [-0.2, 0) is 14.3 Å². The Morgan fingerprint density at radius 2 is 1.90 bits per heavy atom. The monoisotopic (exact) mass is 292 g/mol. The molecule has 5 heteroatoms. The fourth-order valence-electron chi connectivity index (χ4n) is 1.98. The van der Waals surface area contributed by atoms with Crippen LogP contribution in [0.3, 0.4) is 0 Å². The normalized spacial score (nSPS) is 17.8. The van der Waals surface area contributed by atoms with Gasteiger partial charge in [0.1, 0.15) is 5.71 Å². The first-order valence-electron chi connectivity index (χ1n) is 7.26. The molecule has 1 aliphatic heterocycles. The molecule has 0 unspecified atom stereocenters. The number of ether oxygens (including phenoxy) is 2. The maximum absolute atomic E-state index is 5.54. The first kappa shape index (κ1) is 15.9. The van der Waals surface area contributed by atoms with E-state index in [0.29, 0.717) is 0 Å². The zero-order valence-electron chi connectivity index (χ0n) is 13.0. The Morgan fingerprint density at radius 3 is 2.52 bits per heavy atom. The first-order valence-corrected chi connectivity index (χ1v) is 7.26. The highest BCUT2D eigenvalue weighted by atomic mass is 16.8. The lowest BCUT2D eigenvalue weighted by Gasteiger charge is -2.27. The molecule has 0 aliphatic carbocycles. The number of rotatable bonds is 6. The van der Waals surface area contributed by atoms with E-state index in [1.807, 2.05) is 44.2 Å². The zero-order chi connectivity index (χ0) is 15.1. The minimum absolute atomic E-state index is 0.731. The van der Waals surface area contributed by atoms with Crippen LogP contribution in [-0.4, -0.2) is 56.4 Å². The minimum atomic E-state index is -0.731. The highest BCUT2D eigenvalue weighted by molar-refractivity contribution is 6.01. The van der Waals surface area contributed by atoms with E-state index in [0.717, 1.165) is 44.1 Å². The zero-order valence-corrected chi connectivity index (χ0v) is 13.0. The van der Waals surface area contributed by atoms with Gasteiger partial charge in [-0.15, -0.1) is 0 Å². The van der Waals surface area contributed by atoms with Crippen LogP contribution in [0, 0.1) is 0 Å². The average molecular weight is 292 g/mol. The molecule has 1 aliphatic rings. The van der Waals surface area contributed by atoms with Crippen molar-refractivity contribution in [2.45, 2.75) is 19.6 Å². The van der Waals surface area contributed by atoms with Crippen LogP contribution in [0.5, 0.6) is 0 Å². The number of morpholine rings is 1. The summed E-state index contributed by atoms with van der Waals surface area (Å²) in [5.41, 5.74) is 1.97. The van der Waals surface area contributed by atoms with Crippen molar-refractivity contribution in [2.24, 2.45) is 5.16 Å². The lowest BCUT2D eigenvalue weighted by molar-refractivity contribution is -0.197. The maximum Gasteiger partial charge on any atom is 0.230 e. The van der Waals surface area contributed by atoms with Gasteiger partial charge in [-0.3, -0.25) is 4.90 Å². The fourth-order valence-corrected chi connectivity index (χ4v) is 1.98. The third kappa shape index (κ3) is 5.12. The van der Waals surface area contributed by atoms with Crippen molar-refractivity contribution in [1.82, 2.24) is 4.90 Å². The lowest BCUT2D eigenvalue weighted by atomic mass is 10.1. The van der Waals surface area contributed by atoms with Crippen molar-refractivity contribution in [2.75, 3.05) is 40.0 Å². The van der Waals surface area contributed by atoms with Crippen LogP contribution in [0.1, 0.15) is 19.4 Å². The predicted molar refractivity (Wildman–Crippen MR) is 82.4 cm³/mol. The van der Waals surface area contributed by atoms with Crippen LogP contribution in [0.25, 0.3) is 0 Å². The van der Waals surface area contributed by atoms with Crippen molar-refractivity contribution < 1.29 is 14.3 Å². The second-order valence-corrected chi connectivity index (χ2v) is 5.49. The third-order valence-electron chi connectivity index (χ3n) is 3.45. The summed E-state index contributed by atoms with van der Waals surface area (Å²) in [6.07, 6.45) is 0. The van der Waals surface area contributed by atoms with Gasteiger partial charge in [0, 0.05) is 46.2 Å². The molecule has 0 saturated carbocycles. The van der Waals surface area contributed by atoms with Gasteiger partial charge in [-0.25, -0.2) is 0 Å². The first-order chi connectivity index (χ1) is 10.1. The van der Waals surface area contributed by atoms with Crippen molar-refractivity contribution in [3.05, 3.63) is 35.9 Å². The molecule has 0 N–H and O–H groups in total. The van der Waals surface area contributed by atoms with Gasteiger partial charge in [0.15, 0.2) is 0 Å². The number of methoxy groups -OCH3 is 1. The van der Waals surface area contributed by atoms with Crippen LogP contribution in [0.4, 0.5) is 0 Å². The van der Waals surface area contributed by atoms with E-state index in [2.05, 4.69) is 10.1 Å². The molecule has 0 amide bonds. The second kappa shape index (κ2) is 7.54. The summed E-state index contributed by atoms with van der Waals surface area (Å²) in [6, 6.07) is 10.1. The maximum atomic E-state index is 5.54. The second-order valence-electron chi connectivity index (χ2n) is 5.49. The lowest BCUT2D eigenvalue weighted by Crippen LogP contribution is -2.40. The summed E-state index contributed by atoms with van der Waals surface area (Å²) in [5.74, 6) is -0.731. The van der Waals surface area contributed by atoms with Crippen molar-refractivity contribution in [3.8, 4) is 0 Å². The Bertz CT molecular complexity index is 454. The van der Waals surface area contributed by atoms with E-state index in [4.69, 9.17) is 14.3 Å². The van der Waals surface area contributed by atoms with Crippen LogP contribution >= 0.6 is 0 Å². The summed E-state index contributed by atoms with van der Waals surface area (Å²) < 4.78 is 10.6. The van der Waals surface area contributed by atoms with Gasteiger partial charge in [0.25, 0.3) is 0 Å². The van der Waals surface area contributed by atoms with Gasteiger partial charge in [-0.2, -0.15) is 0 Å². The molecule has 1 aromatic rings. The minimum Gasteiger partial charge on any atom is -0.379 e. The smallest absolute Gasteiger partial charge is 0.230 e. The fraction of sp³-hybridized carbons (Fsp3) is 0.562. The molecule has 0 radical (unpaired) electrons. The van der Waals surface area contributed by atoms with E-state index in [9.17, 15) is 0 Å².